The van der Waals surface area contributed by atoms with Crippen LogP contribution in [0.4, 0.5) is 5.69 Å². The minimum absolute atomic E-state index is 0.0879. The Hall–Kier alpha value is -1.84. The van der Waals surface area contributed by atoms with Gasteiger partial charge < -0.3 is 10.2 Å². The highest BCUT2D eigenvalue weighted by molar-refractivity contribution is 5.98. The van der Waals surface area contributed by atoms with Gasteiger partial charge in [0.15, 0.2) is 0 Å². The van der Waals surface area contributed by atoms with E-state index in [1.165, 1.54) is 12.8 Å². The maximum absolute atomic E-state index is 13.2. The van der Waals surface area contributed by atoms with Crippen molar-refractivity contribution in [2.75, 3.05) is 5.32 Å². The molecule has 1 N–H and O–H groups in total. The normalized spacial score (nSPS) is 26.1. The zero-order chi connectivity index (χ0) is 17.4. The molecule has 0 saturated heterocycles. The van der Waals surface area contributed by atoms with Gasteiger partial charge in [0, 0.05) is 29.3 Å². The fraction of sp³-hybridized carbons (Fsp3) is 0.619. The van der Waals surface area contributed by atoms with Crippen LogP contribution in [0.3, 0.4) is 0 Å². The van der Waals surface area contributed by atoms with Crippen LogP contribution in [-0.4, -0.2) is 28.8 Å². The SMILES string of the molecule is CC1CCC(N(C(=O)c2cccc(NC(=O)C3CC3)c2)C2CC2)CC1. The molecule has 2 amide bonds. The van der Waals surface area contributed by atoms with E-state index in [4.69, 9.17) is 0 Å². The lowest BCUT2D eigenvalue weighted by Gasteiger charge is -2.36. The molecule has 3 saturated carbocycles. The summed E-state index contributed by atoms with van der Waals surface area (Å²) in [5.41, 5.74) is 1.45. The second-order valence-electron chi connectivity index (χ2n) is 8.20. The van der Waals surface area contributed by atoms with Crippen molar-refractivity contribution in [1.29, 1.82) is 0 Å². The van der Waals surface area contributed by atoms with E-state index in [-0.39, 0.29) is 17.7 Å². The van der Waals surface area contributed by atoms with E-state index in [1.807, 2.05) is 24.3 Å². The van der Waals surface area contributed by atoms with E-state index < -0.39 is 0 Å². The van der Waals surface area contributed by atoms with Gasteiger partial charge >= 0.3 is 0 Å². The Kier molecular flexibility index (Phi) is 4.53. The molecule has 4 rings (SSSR count). The first-order valence-corrected chi connectivity index (χ1v) is 9.85. The first-order valence-electron chi connectivity index (χ1n) is 9.85. The lowest BCUT2D eigenvalue weighted by molar-refractivity contribution is -0.117. The third-order valence-electron chi connectivity index (χ3n) is 5.88. The summed E-state index contributed by atoms with van der Waals surface area (Å²) in [6.07, 6.45) is 8.94. The van der Waals surface area contributed by atoms with Crippen molar-refractivity contribution < 1.29 is 9.59 Å². The minimum atomic E-state index is 0.0879. The molecule has 25 heavy (non-hydrogen) atoms. The monoisotopic (exact) mass is 340 g/mol. The first kappa shape index (κ1) is 16.6. The fourth-order valence-electron chi connectivity index (χ4n) is 3.97. The molecule has 3 fully saturated rings. The quantitative estimate of drug-likeness (QED) is 0.872. The molecule has 0 aliphatic heterocycles. The lowest BCUT2D eigenvalue weighted by Crippen LogP contribution is -2.43. The summed E-state index contributed by atoms with van der Waals surface area (Å²) in [6, 6.07) is 8.31. The van der Waals surface area contributed by atoms with E-state index >= 15 is 0 Å². The highest BCUT2D eigenvalue weighted by Gasteiger charge is 2.38. The summed E-state index contributed by atoms with van der Waals surface area (Å²) in [4.78, 5) is 27.3. The predicted octanol–water partition coefficient (Wildman–Crippen LogP) is 4.22. The summed E-state index contributed by atoms with van der Waals surface area (Å²) in [5, 5.41) is 2.96. The molecule has 0 radical (unpaired) electrons. The van der Waals surface area contributed by atoms with Crippen LogP contribution < -0.4 is 5.32 Å². The van der Waals surface area contributed by atoms with Crippen LogP contribution in [-0.2, 0) is 4.79 Å². The Labute approximate surface area is 150 Å². The van der Waals surface area contributed by atoms with Crippen LogP contribution in [0.2, 0.25) is 0 Å². The van der Waals surface area contributed by atoms with Crippen LogP contribution in [0, 0.1) is 11.8 Å². The Morgan fingerprint density at radius 2 is 1.60 bits per heavy atom. The number of carbonyl (C=O) groups is 2. The van der Waals surface area contributed by atoms with Gasteiger partial charge in [-0.25, -0.2) is 0 Å². The van der Waals surface area contributed by atoms with Crippen LogP contribution in [0.1, 0.15) is 68.6 Å². The predicted molar refractivity (Wildman–Crippen MR) is 98.4 cm³/mol. The van der Waals surface area contributed by atoms with Gasteiger partial charge in [0.05, 0.1) is 0 Å². The van der Waals surface area contributed by atoms with Gasteiger partial charge in [0.25, 0.3) is 5.91 Å². The molecule has 134 valence electrons. The van der Waals surface area contributed by atoms with Gasteiger partial charge in [-0.2, -0.15) is 0 Å². The Morgan fingerprint density at radius 3 is 2.20 bits per heavy atom. The number of hydrogen-bond acceptors (Lipinski definition) is 2. The van der Waals surface area contributed by atoms with Gasteiger partial charge in [0.2, 0.25) is 5.91 Å². The highest BCUT2D eigenvalue weighted by atomic mass is 16.2. The van der Waals surface area contributed by atoms with Crippen molar-refractivity contribution in [2.24, 2.45) is 11.8 Å². The second-order valence-corrected chi connectivity index (χ2v) is 8.20. The lowest BCUT2D eigenvalue weighted by atomic mass is 9.86. The number of amides is 2. The van der Waals surface area contributed by atoms with Crippen LogP contribution in [0.25, 0.3) is 0 Å². The molecule has 4 nitrogen and oxygen atoms in total. The van der Waals surface area contributed by atoms with Crippen LogP contribution in [0.15, 0.2) is 24.3 Å². The van der Waals surface area contributed by atoms with Gasteiger partial charge in [0.1, 0.15) is 0 Å². The maximum atomic E-state index is 13.2. The average Bonchev–Trinajstić information content (AvgIpc) is 3.49. The third-order valence-corrected chi connectivity index (χ3v) is 5.88. The second kappa shape index (κ2) is 6.81. The van der Waals surface area contributed by atoms with Crippen molar-refractivity contribution >= 4 is 17.5 Å². The number of hydrogen-bond donors (Lipinski definition) is 1. The number of nitrogens with one attached hydrogen (secondary N) is 1. The maximum Gasteiger partial charge on any atom is 0.254 e. The van der Waals surface area contributed by atoms with Crippen LogP contribution >= 0.6 is 0 Å². The molecule has 0 unspecified atom stereocenters. The van der Waals surface area contributed by atoms with E-state index in [2.05, 4.69) is 17.1 Å². The van der Waals surface area contributed by atoms with E-state index in [0.717, 1.165) is 50.1 Å². The molecular weight excluding hydrogens is 312 g/mol. The molecule has 1 aromatic rings. The number of carbonyl (C=O) groups excluding carboxylic acids is 2. The van der Waals surface area contributed by atoms with Crippen molar-refractivity contribution in [2.45, 2.75) is 70.4 Å². The minimum Gasteiger partial charge on any atom is -0.333 e. The molecule has 3 aliphatic carbocycles. The van der Waals surface area contributed by atoms with Crippen LogP contribution in [0.5, 0.6) is 0 Å². The fourth-order valence-corrected chi connectivity index (χ4v) is 3.97. The molecule has 0 atom stereocenters. The molecule has 1 aromatic carbocycles. The zero-order valence-electron chi connectivity index (χ0n) is 15.0. The van der Waals surface area contributed by atoms with Crippen molar-refractivity contribution in [3.05, 3.63) is 29.8 Å². The highest BCUT2D eigenvalue weighted by Crippen LogP contribution is 2.36. The van der Waals surface area contributed by atoms with Crippen molar-refractivity contribution in [3.8, 4) is 0 Å². The van der Waals surface area contributed by atoms with Crippen molar-refractivity contribution in [3.63, 3.8) is 0 Å². The summed E-state index contributed by atoms with van der Waals surface area (Å²) in [6.45, 7) is 2.31. The zero-order valence-corrected chi connectivity index (χ0v) is 15.0. The Morgan fingerprint density at radius 1 is 0.960 bits per heavy atom. The van der Waals surface area contributed by atoms with Gasteiger partial charge in [-0.1, -0.05) is 13.0 Å². The Bertz CT molecular complexity index is 656. The van der Waals surface area contributed by atoms with E-state index in [0.29, 0.717) is 17.6 Å². The number of anilines is 1. The molecule has 0 spiro atoms. The molecule has 4 heteroatoms. The number of nitrogens with zero attached hydrogens (tertiary/aromatic N) is 1. The summed E-state index contributed by atoms with van der Waals surface area (Å²) in [7, 11) is 0. The third kappa shape index (κ3) is 3.88. The largest absolute Gasteiger partial charge is 0.333 e. The smallest absolute Gasteiger partial charge is 0.254 e. The topological polar surface area (TPSA) is 49.4 Å². The van der Waals surface area contributed by atoms with Gasteiger partial charge in [-0.15, -0.1) is 0 Å². The number of rotatable bonds is 5. The van der Waals surface area contributed by atoms with Gasteiger partial charge in [-0.05, 0) is 75.5 Å². The standard InChI is InChI=1S/C21H28N2O2/c1-14-5-9-18(10-6-14)23(19-11-12-19)21(25)16-3-2-4-17(13-16)22-20(24)15-7-8-15/h2-4,13-15,18-19H,5-12H2,1H3,(H,22,24). The molecule has 0 bridgehead atoms. The molecule has 3 aliphatic rings. The van der Waals surface area contributed by atoms with Gasteiger partial charge in [-0.3, -0.25) is 9.59 Å². The number of benzene rings is 1. The summed E-state index contributed by atoms with van der Waals surface area (Å²) >= 11 is 0. The average molecular weight is 340 g/mol. The molecule has 0 heterocycles. The Balaban J connectivity index is 1.48. The molecule has 0 aromatic heterocycles. The first-order chi connectivity index (χ1) is 12.1. The van der Waals surface area contributed by atoms with Crippen molar-refractivity contribution in [1.82, 2.24) is 4.90 Å². The van der Waals surface area contributed by atoms with E-state index in [1.54, 1.807) is 0 Å². The summed E-state index contributed by atoms with van der Waals surface area (Å²) in [5.74, 6) is 1.19. The summed E-state index contributed by atoms with van der Waals surface area (Å²) < 4.78 is 0. The molecular formula is C21H28N2O2. The van der Waals surface area contributed by atoms with E-state index in [9.17, 15) is 9.59 Å².